The van der Waals surface area contributed by atoms with E-state index in [-0.39, 0.29) is 24.3 Å². The summed E-state index contributed by atoms with van der Waals surface area (Å²) in [5, 5.41) is 3.42. The maximum atomic E-state index is 11.4. The van der Waals surface area contributed by atoms with Crippen LogP contribution in [-0.2, 0) is 9.53 Å². The van der Waals surface area contributed by atoms with Gasteiger partial charge in [-0.2, -0.15) is 0 Å². The van der Waals surface area contributed by atoms with Crippen LogP contribution in [0.3, 0.4) is 0 Å². The van der Waals surface area contributed by atoms with E-state index < -0.39 is 0 Å². The highest BCUT2D eigenvalue weighted by Gasteiger charge is 2.43. The normalized spacial score (nSPS) is 35.6. The minimum Gasteiger partial charge on any atom is -0.466 e. The van der Waals surface area contributed by atoms with E-state index in [9.17, 15) is 4.79 Å². The van der Waals surface area contributed by atoms with Crippen molar-refractivity contribution in [1.82, 2.24) is 5.32 Å². The molecule has 76 valence electrons. The van der Waals surface area contributed by atoms with Gasteiger partial charge in [0.25, 0.3) is 0 Å². The van der Waals surface area contributed by atoms with Crippen molar-refractivity contribution in [2.45, 2.75) is 38.3 Å². The van der Waals surface area contributed by atoms with Gasteiger partial charge in [-0.25, -0.2) is 0 Å². The quantitative estimate of drug-likeness (QED) is 0.687. The summed E-state index contributed by atoms with van der Waals surface area (Å²) in [4.78, 5) is 11.4. The Morgan fingerprint density at radius 3 is 2.77 bits per heavy atom. The van der Waals surface area contributed by atoms with Crippen LogP contribution in [0.1, 0.15) is 26.2 Å². The zero-order valence-electron chi connectivity index (χ0n) is 7.79. The highest BCUT2D eigenvalue weighted by Crippen LogP contribution is 2.33. The van der Waals surface area contributed by atoms with E-state index in [0.29, 0.717) is 18.7 Å². The molecule has 3 atom stereocenters. The van der Waals surface area contributed by atoms with Gasteiger partial charge in [-0.05, 0) is 26.2 Å². The zero-order chi connectivity index (χ0) is 8.55. The standard InChI is InChI=1S/C9H15NO2.ClH/c1-2-12-9(11)7-5-6-3-4-8(7)10-6;/h6-8,10H,2-5H2,1H3;1H/t6-,7-,8+;/m0./s1. The number of nitrogens with one attached hydrogen (secondary N) is 1. The van der Waals surface area contributed by atoms with Crippen LogP contribution >= 0.6 is 12.4 Å². The summed E-state index contributed by atoms with van der Waals surface area (Å²) in [5.74, 6) is 0.140. The SMILES string of the molecule is CCOC(=O)[C@H]1C[C@@H]2CC[C@H]1N2.Cl. The smallest absolute Gasteiger partial charge is 0.310 e. The first-order valence-electron chi connectivity index (χ1n) is 4.74. The maximum absolute atomic E-state index is 11.4. The van der Waals surface area contributed by atoms with E-state index in [0.717, 1.165) is 12.8 Å². The molecule has 2 saturated heterocycles. The molecule has 4 heteroatoms. The zero-order valence-corrected chi connectivity index (χ0v) is 8.60. The molecule has 2 aliphatic heterocycles. The molecule has 2 bridgehead atoms. The number of esters is 1. The summed E-state index contributed by atoms with van der Waals surface area (Å²) in [6.45, 7) is 2.37. The summed E-state index contributed by atoms with van der Waals surface area (Å²) in [6, 6.07) is 0.999. The van der Waals surface area contributed by atoms with Crippen LogP contribution in [0.2, 0.25) is 0 Å². The molecule has 0 aromatic heterocycles. The molecule has 0 unspecified atom stereocenters. The van der Waals surface area contributed by atoms with Crippen LogP contribution in [0.5, 0.6) is 0 Å². The monoisotopic (exact) mass is 205 g/mol. The lowest BCUT2D eigenvalue weighted by molar-refractivity contribution is -0.148. The third kappa shape index (κ3) is 1.97. The Labute approximate surface area is 84.6 Å². The third-order valence-electron chi connectivity index (χ3n) is 2.89. The highest BCUT2D eigenvalue weighted by molar-refractivity contribution is 5.85. The molecule has 2 aliphatic rings. The molecule has 3 nitrogen and oxygen atoms in total. The van der Waals surface area contributed by atoms with E-state index in [1.165, 1.54) is 6.42 Å². The van der Waals surface area contributed by atoms with Gasteiger partial charge in [-0.15, -0.1) is 12.4 Å². The van der Waals surface area contributed by atoms with Crippen molar-refractivity contribution in [2.75, 3.05) is 6.61 Å². The number of hydrogen-bond acceptors (Lipinski definition) is 3. The topological polar surface area (TPSA) is 38.3 Å². The second kappa shape index (κ2) is 4.29. The molecule has 0 saturated carbocycles. The highest BCUT2D eigenvalue weighted by atomic mass is 35.5. The number of fused-ring (bicyclic) bond motifs is 2. The van der Waals surface area contributed by atoms with Crippen molar-refractivity contribution in [3.63, 3.8) is 0 Å². The van der Waals surface area contributed by atoms with Crippen LogP contribution in [-0.4, -0.2) is 24.7 Å². The number of carbonyl (C=O) groups excluding carboxylic acids is 1. The molecule has 2 rings (SSSR count). The molecule has 0 spiro atoms. The van der Waals surface area contributed by atoms with Gasteiger partial charge in [0, 0.05) is 12.1 Å². The number of hydrogen-bond donors (Lipinski definition) is 1. The number of carbonyl (C=O) groups is 1. The van der Waals surface area contributed by atoms with E-state index in [4.69, 9.17) is 4.74 Å². The predicted molar refractivity (Wildman–Crippen MR) is 51.9 cm³/mol. The number of halogens is 1. The molecule has 2 heterocycles. The van der Waals surface area contributed by atoms with E-state index in [2.05, 4.69) is 5.32 Å². The summed E-state index contributed by atoms with van der Waals surface area (Å²) in [6.07, 6.45) is 3.37. The van der Waals surface area contributed by atoms with Crippen molar-refractivity contribution in [3.05, 3.63) is 0 Å². The Balaban J connectivity index is 0.000000845. The molecule has 1 N–H and O–H groups in total. The summed E-state index contributed by atoms with van der Waals surface area (Å²) >= 11 is 0. The van der Waals surface area contributed by atoms with Crippen LogP contribution in [0.15, 0.2) is 0 Å². The first-order chi connectivity index (χ1) is 5.81. The van der Waals surface area contributed by atoms with Crippen LogP contribution in [0, 0.1) is 5.92 Å². The second-order valence-corrected chi connectivity index (χ2v) is 3.64. The predicted octanol–water partition coefficient (Wildman–Crippen LogP) is 1.11. The van der Waals surface area contributed by atoms with Crippen molar-refractivity contribution < 1.29 is 9.53 Å². The molecule has 2 fully saturated rings. The fourth-order valence-electron chi connectivity index (χ4n) is 2.33. The average molecular weight is 206 g/mol. The summed E-state index contributed by atoms with van der Waals surface area (Å²) in [7, 11) is 0. The molecule has 0 aromatic carbocycles. The summed E-state index contributed by atoms with van der Waals surface area (Å²) in [5.41, 5.74) is 0. The molecule has 0 aliphatic carbocycles. The Morgan fingerprint density at radius 2 is 2.31 bits per heavy atom. The molecule has 13 heavy (non-hydrogen) atoms. The molecular weight excluding hydrogens is 190 g/mol. The molecule has 0 aromatic rings. The van der Waals surface area contributed by atoms with Gasteiger partial charge < -0.3 is 10.1 Å². The summed E-state index contributed by atoms with van der Waals surface area (Å²) < 4.78 is 5.00. The van der Waals surface area contributed by atoms with Gasteiger partial charge >= 0.3 is 5.97 Å². The van der Waals surface area contributed by atoms with Gasteiger partial charge in [-0.3, -0.25) is 4.79 Å². The van der Waals surface area contributed by atoms with E-state index in [1.807, 2.05) is 6.92 Å². The number of ether oxygens (including phenoxy) is 1. The fourth-order valence-corrected chi connectivity index (χ4v) is 2.33. The largest absolute Gasteiger partial charge is 0.466 e. The fraction of sp³-hybridized carbons (Fsp3) is 0.889. The van der Waals surface area contributed by atoms with Crippen molar-refractivity contribution in [3.8, 4) is 0 Å². The minimum atomic E-state index is -0.00259. The van der Waals surface area contributed by atoms with Gasteiger partial charge in [0.1, 0.15) is 0 Å². The minimum absolute atomic E-state index is 0. The van der Waals surface area contributed by atoms with Gasteiger partial charge in [0.15, 0.2) is 0 Å². The van der Waals surface area contributed by atoms with Crippen LogP contribution in [0.25, 0.3) is 0 Å². The van der Waals surface area contributed by atoms with E-state index in [1.54, 1.807) is 0 Å². The Morgan fingerprint density at radius 1 is 1.54 bits per heavy atom. The lowest BCUT2D eigenvalue weighted by Gasteiger charge is -2.17. The van der Waals surface area contributed by atoms with Crippen LogP contribution < -0.4 is 5.32 Å². The van der Waals surface area contributed by atoms with Crippen molar-refractivity contribution in [2.24, 2.45) is 5.92 Å². The molecular formula is C9H16ClNO2. The van der Waals surface area contributed by atoms with Crippen molar-refractivity contribution >= 4 is 18.4 Å². The third-order valence-corrected chi connectivity index (χ3v) is 2.89. The lowest BCUT2D eigenvalue weighted by Crippen LogP contribution is -2.30. The number of rotatable bonds is 2. The Kier molecular flexibility index (Phi) is 3.56. The van der Waals surface area contributed by atoms with Gasteiger partial charge in [0.05, 0.1) is 12.5 Å². The first kappa shape index (κ1) is 10.8. The van der Waals surface area contributed by atoms with Gasteiger partial charge in [0.2, 0.25) is 0 Å². The van der Waals surface area contributed by atoms with Gasteiger partial charge in [-0.1, -0.05) is 0 Å². The first-order valence-corrected chi connectivity index (χ1v) is 4.74. The van der Waals surface area contributed by atoms with Crippen molar-refractivity contribution in [1.29, 1.82) is 0 Å². The lowest BCUT2D eigenvalue weighted by atomic mass is 9.89. The Hall–Kier alpha value is -0.280. The molecule has 0 amide bonds. The Bertz CT molecular complexity index is 198. The molecule has 0 radical (unpaired) electrons. The van der Waals surface area contributed by atoms with E-state index >= 15 is 0 Å². The van der Waals surface area contributed by atoms with Crippen LogP contribution in [0.4, 0.5) is 0 Å². The second-order valence-electron chi connectivity index (χ2n) is 3.64. The average Bonchev–Trinajstić information content (AvgIpc) is 2.64. The maximum Gasteiger partial charge on any atom is 0.310 e.